The first-order valence-corrected chi connectivity index (χ1v) is 4.91. The van der Waals surface area contributed by atoms with E-state index in [4.69, 9.17) is 0 Å². The summed E-state index contributed by atoms with van der Waals surface area (Å²) in [7, 11) is 0. The fourth-order valence-corrected chi connectivity index (χ4v) is 1.03. The quantitative estimate of drug-likeness (QED) is 0.420. The molecule has 0 unspecified atom stereocenters. The molecule has 0 atom stereocenters. The van der Waals surface area contributed by atoms with Gasteiger partial charge in [-0.05, 0) is 26.2 Å². The zero-order chi connectivity index (χ0) is 9.23. The van der Waals surface area contributed by atoms with Gasteiger partial charge in [-0.15, -0.1) is 0 Å². The third-order valence-corrected chi connectivity index (χ3v) is 1.80. The summed E-state index contributed by atoms with van der Waals surface area (Å²) in [6.45, 7) is 3.85. The van der Waals surface area contributed by atoms with Crippen molar-refractivity contribution in [1.82, 2.24) is 0 Å². The maximum absolute atomic E-state index is 10.5. The van der Waals surface area contributed by atoms with Crippen molar-refractivity contribution in [2.45, 2.75) is 52.4 Å². The molecular formula is C11H20O. The van der Waals surface area contributed by atoms with Gasteiger partial charge in [0, 0.05) is 6.42 Å². The number of hydrogen-bond donors (Lipinski definition) is 0. The van der Waals surface area contributed by atoms with Crippen LogP contribution in [0.4, 0.5) is 0 Å². The molecule has 0 saturated carbocycles. The van der Waals surface area contributed by atoms with E-state index in [9.17, 15) is 4.79 Å². The minimum absolute atomic E-state index is 0.285. The van der Waals surface area contributed by atoms with Crippen LogP contribution >= 0.6 is 0 Å². The Labute approximate surface area is 75.9 Å². The van der Waals surface area contributed by atoms with Gasteiger partial charge in [0.2, 0.25) is 0 Å². The van der Waals surface area contributed by atoms with E-state index in [0.717, 1.165) is 6.42 Å². The first-order valence-electron chi connectivity index (χ1n) is 4.91. The molecule has 0 aliphatic rings. The topological polar surface area (TPSA) is 17.1 Å². The zero-order valence-corrected chi connectivity index (χ0v) is 8.31. The van der Waals surface area contributed by atoms with E-state index in [1.54, 1.807) is 6.92 Å². The van der Waals surface area contributed by atoms with Gasteiger partial charge in [-0.1, -0.05) is 31.9 Å². The van der Waals surface area contributed by atoms with Crippen molar-refractivity contribution in [3.63, 3.8) is 0 Å². The highest BCUT2D eigenvalue weighted by Crippen LogP contribution is 2.01. The summed E-state index contributed by atoms with van der Waals surface area (Å²) in [5.41, 5.74) is 0. The summed E-state index contributed by atoms with van der Waals surface area (Å²) in [5.74, 6) is 0.285. The monoisotopic (exact) mass is 168 g/mol. The van der Waals surface area contributed by atoms with Crippen LogP contribution in [0.25, 0.3) is 0 Å². The molecule has 1 heteroatoms. The van der Waals surface area contributed by atoms with Crippen molar-refractivity contribution in [3.8, 4) is 0 Å². The van der Waals surface area contributed by atoms with E-state index in [-0.39, 0.29) is 5.78 Å². The maximum Gasteiger partial charge on any atom is 0.130 e. The summed E-state index contributed by atoms with van der Waals surface area (Å²) in [6.07, 6.45) is 11.0. The molecule has 0 fully saturated rings. The van der Waals surface area contributed by atoms with Crippen molar-refractivity contribution in [3.05, 3.63) is 12.2 Å². The molecular weight excluding hydrogens is 148 g/mol. The lowest BCUT2D eigenvalue weighted by atomic mass is 10.1. The van der Waals surface area contributed by atoms with E-state index in [2.05, 4.69) is 19.1 Å². The number of hydrogen-bond acceptors (Lipinski definition) is 1. The number of allylic oxidation sites excluding steroid dienone is 2. The average molecular weight is 168 g/mol. The van der Waals surface area contributed by atoms with Crippen LogP contribution in [0.2, 0.25) is 0 Å². The molecule has 0 aliphatic heterocycles. The fraction of sp³-hybridized carbons (Fsp3) is 0.727. The van der Waals surface area contributed by atoms with Gasteiger partial charge in [-0.3, -0.25) is 0 Å². The Bertz CT molecular complexity index is 136. The molecule has 0 radical (unpaired) electrons. The molecule has 70 valence electrons. The number of ketones is 1. The van der Waals surface area contributed by atoms with Crippen LogP contribution in [0.1, 0.15) is 52.4 Å². The van der Waals surface area contributed by atoms with Crippen LogP contribution in [-0.4, -0.2) is 5.78 Å². The lowest BCUT2D eigenvalue weighted by Gasteiger charge is -1.91. The Morgan fingerprint density at radius 3 is 2.42 bits per heavy atom. The van der Waals surface area contributed by atoms with Crippen LogP contribution in [0.15, 0.2) is 12.2 Å². The summed E-state index contributed by atoms with van der Waals surface area (Å²) >= 11 is 0. The highest BCUT2D eigenvalue weighted by molar-refractivity contribution is 5.75. The zero-order valence-electron chi connectivity index (χ0n) is 8.31. The second-order valence-electron chi connectivity index (χ2n) is 3.21. The van der Waals surface area contributed by atoms with Crippen molar-refractivity contribution >= 4 is 5.78 Å². The first kappa shape index (κ1) is 11.4. The molecule has 1 nitrogen and oxygen atoms in total. The number of unbranched alkanes of at least 4 members (excludes halogenated alkanes) is 3. The molecule has 0 aromatic rings. The minimum atomic E-state index is 0.285. The Hall–Kier alpha value is -0.590. The average Bonchev–Trinajstić information content (AvgIpc) is 2.02. The third kappa shape index (κ3) is 9.41. The fourth-order valence-electron chi connectivity index (χ4n) is 1.03. The third-order valence-electron chi connectivity index (χ3n) is 1.80. The molecule has 0 heterocycles. The Balaban J connectivity index is 3.09. The van der Waals surface area contributed by atoms with Crippen molar-refractivity contribution in [2.75, 3.05) is 0 Å². The van der Waals surface area contributed by atoms with Crippen LogP contribution in [0.5, 0.6) is 0 Å². The SMILES string of the molecule is CCCCCC=CCCC(C)=O. The number of Topliss-reactive ketones (excluding diaryl/α,β-unsaturated/α-hetero) is 1. The number of carbonyl (C=O) groups is 1. The minimum Gasteiger partial charge on any atom is -0.300 e. The van der Waals surface area contributed by atoms with Gasteiger partial charge >= 0.3 is 0 Å². The Kier molecular flexibility index (Phi) is 8.09. The molecule has 0 aliphatic carbocycles. The summed E-state index contributed by atoms with van der Waals surface area (Å²) in [6, 6.07) is 0. The second kappa shape index (κ2) is 8.51. The van der Waals surface area contributed by atoms with Gasteiger partial charge in [0.25, 0.3) is 0 Å². The molecule has 12 heavy (non-hydrogen) atoms. The van der Waals surface area contributed by atoms with Gasteiger partial charge in [0.15, 0.2) is 0 Å². The van der Waals surface area contributed by atoms with Gasteiger partial charge in [0.05, 0.1) is 0 Å². The molecule has 0 saturated heterocycles. The highest BCUT2D eigenvalue weighted by atomic mass is 16.1. The van der Waals surface area contributed by atoms with E-state index < -0.39 is 0 Å². The predicted octanol–water partition coefficient (Wildman–Crippen LogP) is 3.49. The van der Waals surface area contributed by atoms with Crippen molar-refractivity contribution < 1.29 is 4.79 Å². The van der Waals surface area contributed by atoms with Crippen LogP contribution in [0.3, 0.4) is 0 Å². The standard InChI is InChI=1S/C11H20O/c1-3-4-5-6-7-8-9-10-11(2)12/h7-8H,3-6,9-10H2,1-2H3. The molecule has 0 N–H and O–H groups in total. The largest absolute Gasteiger partial charge is 0.300 e. The Morgan fingerprint density at radius 2 is 1.83 bits per heavy atom. The molecule has 0 spiro atoms. The molecule has 0 aromatic carbocycles. The highest BCUT2D eigenvalue weighted by Gasteiger charge is 1.88. The van der Waals surface area contributed by atoms with Crippen LogP contribution in [0, 0.1) is 0 Å². The first-order chi connectivity index (χ1) is 5.77. The van der Waals surface area contributed by atoms with Crippen molar-refractivity contribution in [2.24, 2.45) is 0 Å². The van der Waals surface area contributed by atoms with Gasteiger partial charge in [0.1, 0.15) is 5.78 Å². The van der Waals surface area contributed by atoms with E-state index in [1.807, 2.05) is 0 Å². The lowest BCUT2D eigenvalue weighted by molar-refractivity contribution is -0.116. The number of carbonyl (C=O) groups excluding carboxylic acids is 1. The normalized spacial score (nSPS) is 10.8. The van der Waals surface area contributed by atoms with Crippen molar-refractivity contribution in [1.29, 1.82) is 0 Å². The molecule has 0 bridgehead atoms. The summed E-state index contributed by atoms with van der Waals surface area (Å²) in [4.78, 5) is 10.5. The van der Waals surface area contributed by atoms with E-state index >= 15 is 0 Å². The van der Waals surface area contributed by atoms with Gasteiger partial charge in [-0.25, -0.2) is 0 Å². The molecule has 0 rings (SSSR count). The van der Waals surface area contributed by atoms with E-state index in [0.29, 0.717) is 6.42 Å². The Morgan fingerprint density at radius 1 is 1.17 bits per heavy atom. The van der Waals surface area contributed by atoms with Gasteiger partial charge in [-0.2, -0.15) is 0 Å². The van der Waals surface area contributed by atoms with Crippen LogP contribution in [-0.2, 0) is 4.79 Å². The van der Waals surface area contributed by atoms with E-state index in [1.165, 1.54) is 25.7 Å². The molecule has 0 amide bonds. The second-order valence-corrected chi connectivity index (χ2v) is 3.21. The number of rotatable bonds is 7. The van der Waals surface area contributed by atoms with Gasteiger partial charge < -0.3 is 4.79 Å². The smallest absolute Gasteiger partial charge is 0.130 e. The maximum atomic E-state index is 10.5. The van der Waals surface area contributed by atoms with Crippen LogP contribution < -0.4 is 0 Å². The molecule has 0 aromatic heterocycles. The summed E-state index contributed by atoms with van der Waals surface area (Å²) in [5, 5.41) is 0. The summed E-state index contributed by atoms with van der Waals surface area (Å²) < 4.78 is 0. The lowest BCUT2D eigenvalue weighted by Crippen LogP contribution is -1.86. The predicted molar refractivity (Wildman–Crippen MR) is 53.2 cm³/mol.